The van der Waals surface area contributed by atoms with Gasteiger partial charge in [0.15, 0.2) is 0 Å². The molecule has 1 N–H and O–H groups in total. The Morgan fingerprint density at radius 2 is 2.16 bits per heavy atom. The number of nitrogens with zero attached hydrogens (tertiary/aromatic N) is 1. The molecule has 0 saturated heterocycles. The summed E-state index contributed by atoms with van der Waals surface area (Å²) in [5, 5.41) is 5.68. The van der Waals surface area contributed by atoms with Gasteiger partial charge in [-0.1, -0.05) is 0 Å². The van der Waals surface area contributed by atoms with Crippen LogP contribution in [-0.2, 0) is 0 Å². The van der Waals surface area contributed by atoms with Crippen molar-refractivity contribution in [1.82, 2.24) is 10.3 Å². The largest absolute Gasteiger partial charge is 0.343 e. The zero-order chi connectivity index (χ0) is 14.0. The lowest BCUT2D eigenvalue weighted by Crippen LogP contribution is -2.27. The molecule has 1 aromatic heterocycles. The van der Waals surface area contributed by atoms with Crippen molar-refractivity contribution < 1.29 is 9.18 Å². The molecule has 0 aliphatic carbocycles. The van der Waals surface area contributed by atoms with Gasteiger partial charge < -0.3 is 5.32 Å². The van der Waals surface area contributed by atoms with Crippen LogP contribution in [0.1, 0.15) is 39.6 Å². The molecular formula is C14H15FN2OS. The smallest absolute Gasteiger partial charge is 0.252 e. The van der Waals surface area contributed by atoms with Crippen molar-refractivity contribution in [3.8, 4) is 0 Å². The van der Waals surface area contributed by atoms with E-state index >= 15 is 0 Å². The Balaban J connectivity index is 2.12. The van der Waals surface area contributed by atoms with Crippen LogP contribution in [0.3, 0.4) is 0 Å². The fourth-order valence-corrected chi connectivity index (χ4v) is 2.59. The van der Waals surface area contributed by atoms with Crippen LogP contribution in [0.5, 0.6) is 0 Å². The molecule has 0 spiro atoms. The zero-order valence-corrected chi connectivity index (χ0v) is 11.8. The van der Waals surface area contributed by atoms with E-state index in [1.165, 1.54) is 29.5 Å². The lowest BCUT2D eigenvalue weighted by atomic mass is 10.1. The average molecular weight is 278 g/mol. The molecule has 19 heavy (non-hydrogen) atoms. The first-order valence-corrected chi connectivity index (χ1v) is 6.84. The van der Waals surface area contributed by atoms with E-state index in [0.29, 0.717) is 11.1 Å². The third-order valence-corrected chi connectivity index (χ3v) is 3.93. The molecule has 1 unspecified atom stereocenters. The summed E-state index contributed by atoms with van der Waals surface area (Å²) < 4.78 is 13.0. The van der Waals surface area contributed by atoms with Crippen molar-refractivity contribution in [3.63, 3.8) is 0 Å². The Bertz CT molecular complexity index is 609. The predicted molar refractivity (Wildman–Crippen MR) is 73.9 cm³/mol. The summed E-state index contributed by atoms with van der Waals surface area (Å²) in [6.45, 7) is 5.52. The van der Waals surface area contributed by atoms with Crippen LogP contribution >= 0.6 is 11.3 Å². The van der Waals surface area contributed by atoms with E-state index in [2.05, 4.69) is 10.3 Å². The quantitative estimate of drug-likeness (QED) is 0.935. The van der Waals surface area contributed by atoms with Crippen molar-refractivity contribution in [2.75, 3.05) is 0 Å². The number of aromatic nitrogens is 1. The summed E-state index contributed by atoms with van der Waals surface area (Å²) >= 11 is 1.52. The van der Waals surface area contributed by atoms with Crippen LogP contribution in [-0.4, -0.2) is 10.9 Å². The Morgan fingerprint density at radius 1 is 1.42 bits per heavy atom. The predicted octanol–water partition coefficient (Wildman–Crippen LogP) is 3.39. The summed E-state index contributed by atoms with van der Waals surface area (Å²) in [6.07, 6.45) is 0. The highest BCUT2D eigenvalue weighted by molar-refractivity contribution is 7.09. The molecule has 5 heteroatoms. The van der Waals surface area contributed by atoms with Gasteiger partial charge in [0, 0.05) is 16.6 Å². The van der Waals surface area contributed by atoms with Gasteiger partial charge in [-0.15, -0.1) is 11.3 Å². The Kier molecular flexibility index (Phi) is 3.95. The standard InChI is InChI=1S/C14H15FN2OS/c1-8-6-11(15)4-5-12(8)13(18)17-10(3)14-16-9(2)7-19-14/h4-7,10H,1-3H3,(H,17,18). The lowest BCUT2D eigenvalue weighted by Gasteiger charge is -2.12. The van der Waals surface area contributed by atoms with Gasteiger partial charge in [0.1, 0.15) is 10.8 Å². The monoisotopic (exact) mass is 278 g/mol. The van der Waals surface area contributed by atoms with Crippen molar-refractivity contribution in [2.24, 2.45) is 0 Å². The number of thiazole rings is 1. The molecule has 3 nitrogen and oxygen atoms in total. The van der Waals surface area contributed by atoms with Gasteiger partial charge in [-0.3, -0.25) is 4.79 Å². The molecule has 1 heterocycles. The molecule has 1 atom stereocenters. The SMILES string of the molecule is Cc1csc(C(C)NC(=O)c2ccc(F)cc2C)n1. The van der Waals surface area contributed by atoms with E-state index in [4.69, 9.17) is 0 Å². The van der Waals surface area contributed by atoms with Crippen LogP contribution in [0.15, 0.2) is 23.6 Å². The maximum Gasteiger partial charge on any atom is 0.252 e. The number of hydrogen-bond donors (Lipinski definition) is 1. The first kappa shape index (κ1) is 13.7. The van der Waals surface area contributed by atoms with E-state index in [1.807, 2.05) is 19.2 Å². The molecule has 0 aliphatic heterocycles. The van der Waals surface area contributed by atoms with E-state index in [9.17, 15) is 9.18 Å². The van der Waals surface area contributed by atoms with Gasteiger partial charge in [-0.05, 0) is 44.5 Å². The molecule has 100 valence electrons. The third-order valence-electron chi connectivity index (χ3n) is 2.79. The maximum atomic E-state index is 13.0. The lowest BCUT2D eigenvalue weighted by molar-refractivity contribution is 0.0939. The minimum absolute atomic E-state index is 0.157. The number of hydrogen-bond acceptors (Lipinski definition) is 3. The molecule has 2 aromatic rings. The first-order valence-electron chi connectivity index (χ1n) is 5.96. The molecular weight excluding hydrogens is 263 g/mol. The van der Waals surface area contributed by atoms with Crippen LogP contribution in [0.4, 0.5) is 4.39 Å². The summed E-state index contributed by atoms with van der Waals surface area (Å²) in [7, 11) is 0. The van der Waals surface area contributed by atoms with Gasteiger partial charge in [0.25, 0.3) is 5.91 Å². The first-order chi connectivity index (χ1) is 8.97. The van der Waals surface area contributed by atoms with Crippen LogP contribution in [0.25, 0.3) is 0 Å². The van der Waals surface area contributed by atoms with Crippen LogP contribution in [0.2, 0.25) is 0 Å². The topological polar surface area (TPSA) is 42.0 Å². The summed E-state index contributed by atoms with van der Waals surface area (Å²) in [5.74, 6) is -0.546. The van der Waals surface area contributed by atoms with Crippen molar-refractivity contribution >= 4 is 17.2 Å². The second-order valence-electron chi connectivity index (χ2n) is 4.48. The van der Waals surface area contributed by atoms with Gasteiger partial charge in [0.05, 0.1) is 6.04 Å². The molecule has 0 saturated carbocycles. The minimum Gasteiger partial charge on any atom is -0.343 e. The molecule has 2 rings (SSSR count). The third kappa shape index (κ3) is 3.17. The number of amides is 1. The highest BCUT2D eigenvalue weighted by Gasteiger charge is 2.15. The highest BCUT2D eigenvalue weighted by atomic mass is 32.1. The number of carbonyl (C=O) groups is 1. The summed E-state index contributed by atoms with van der Waals surface area (Å²) in [6, 6.07) is 3.99. The number of nitrogens with one attached hydrogen (secondary N) is 1. The van der Waals surface area contributed by atoms with Gasteiger partial charge >= 0.3 is 0 Å². The van der Waals surface area contributed by atoms with Crippen molar-refractivity contribution in [1.29, 1.82) is 0 Å². The van der Waals surface area contributed by atoms with Crippen LogP contribution < -0.4 is 5.32 Å². The number of rotatable bonds is 3. The van der Waals surface area contributed by atoms with Crippen molar-refractivity contribution in [2.45, 2.75) is 26.8 Å². The molecule has 0 aliphatic rings. The number of halogens is 1. The Hall–Kier alpha value is -1.75. The second-order valence-corrected chi connectivity index (χ2v) is 5.37. The van der Waals surface area contributed by atoms with E-state index < -0.39 is 0 Å². The van der Waals surface area contributed by atoms with Crippen molar-refractivity contribution in [3.05, 3.63) is 51.2 Å². The molecule has 0 bridgehead atoms. The fraction of sp³-hybridized carbons (Fsp3) is 0.286. The van der Waals surface area contributed by atoms with Crippen LogP contribution in [0, 0.1) is 19.7 Å². The molecule has 1 amide bonds. The summed E-state index contributed by atoms with van der Waals surface area (Å²) in [4.78, 5) is 16.4. The molecule has 0 fully saturated rings. The minimum atomic E-state index is -0.336. The number of benzene rings is 1. The Labute approximate surface area is 115 Å². The maximum absolute atomic E-state index is 13.0. The molecule has 0 radical (unpaired) electrons. The van der Waals surface area contributed by atoms with E-state index in [0.717, 1.165) is 10.7 Å². The fourth-order valence-electron chi connectivity index (χ4n) is 1.79. The zero-order valence-electron chi connectivity index (χ0n) is 11.0. The normalized spacial score (nSPS) is 12.2. The van der Waals surface area contributed by atoms with E-state index in [1.54, 1.807) is 6.92 Å². The van der Waals surface area contributed by atoms with Gasteiger partial charge in [0.2, 0.25) is 0 Å². The Morgan fingerprint density at radius 3 is 2.74 bits per heavy atom. The number of aryl methyl sites for hydroxylation is 2. The second kappa shape index (κ2) is 5.48. The summed E-state index contributed by atoms with van der Waals surface area (Å²) in [5.41, 5.74) is 2.06. The highest BCUT2D eigenvalue weighted by Crippen LogP contribution is 2.18. The van der Waals surface area contributed by atoms with E-state index in [-0.39, 0.29) is 17.8 Å². The van der Waals surface area contributed by atoms with Gasteiger partial charge in [-0.25, -0.2) is 9.37 Å². The molecule has 1 aromatic carbocycles. The number of carbonyl (C=O) groups excluding carboxylic acids is 1. The van der Waals surface area contributed by atoms with Gasteiger partial charge in [-0.2, -0.15) is 0 Å². The average Bonchev–Trinajstić information content (AvgIpc) is 2.75.